The predicted octanol–water partition coefficient (Wildman–Crippen LogP) is 5.60. The maximum absolute atomic E-state index is 13.7. The summed E-state index contributed by atoms with van der Waals surface area (Å²) in [6.45, 7) is 2.32. The standard InChI is InChI=1S/C20H19FN2S/c21-17-5-4-6-18-20(17)22-19(24-18)12-9-15-7-10-16(11-8-15)23-13-2-1-3-14-23/h4-12H,1-3,13-14H2. The topological polar surface area (TPSA) is 16.1 Å². The molecule has 0 radical (unpaired) electrons. The summed E-state index contributed by atoms with van der Waals surface area (Å²) < 4.78 is 14.6. The van der Waals surface area contributed by atoms with Crippen LogP contribution < -0.4 is 4.90 Å². The van der Waals surface area contributed by atoms with Gasteiger partial charge in [0.1, 0.15) is 16.3 Å². The first-order chi connectivity index (χ1) is 11.8. The smallest absolute Gasteiger partial charge is 0.150 e. The second-order valence-electron chi connectivity index (χ2n) is 6.11. The molecule has 0 unspecified atom stereocenters. The van der Waals surface area contributed by atoms with Gasteiger partial charge in [0.2, 0.25) is 0 Å². The van der Waals surface area contributed by atoms with E-state index in [-0.39, 0.29) is 5.82 Å². The molecule has 0 N–H and O–H groups in total. The minimum Gasteiger partial charge on any atom is -0.372 e. The fourth-order valence-electron chi connectivity index (χ4n) is 3.12. The molecule has 4 rings (SSSR count). The van der Waals surface area contributed by atoms with E-state index < -0.39 is 0 Å². The molecule has 2 nitrogen and oxygen atoms in total. The number of thiazole rings is 1. The Morgan fingerprint density at radius 1 is 0.958 bits per heavy atom. The van der Waals surface area contributed by atoms with E-state index in [1.807, 2.05) is 18.2 Å². The summed E-state index contributed by atoms with van der Waals surface area (Å²) in [7, 11) is 0. The first-order valence-corrected chi connectivity index (χ1v) is 9.19. The monoisotopic (exact) mass is 338 g/mol. The van der Waals surface area contributed by atoms with Crippen LogP contribution in [-0.4, -0.2) is 18.1 Å². The lowest BCUT2D eigenvalue weighted by Gasteiger charge is -2.28. The number of rotatable bonds is 3. The van der Waals surface area contributed by atoms with Gasteiger partial charge in [0.05, 0.1) is 4.70 Å². The average molecular weight is 338 g/mol. The van der Waals surface area contributed by atoms with Gasteiger partial charge in [-0.1, -0.05) is 24.3 Å². The third kappa shape index (κ3) is 3.20. The molecule has 1 fully saturated rings. The van der Waals surface area contributed by atoms with Gasteiger partial charge in [-0.15, -0.1) is 11.3 Å². The largest absolute Gasteiger partial charge is 0.372 e. The predicted molar refractivity (Wildman–Crippen MR) is 101 cm³/mol. The number of halogens is 1. The van der Waals surface area contributed by atoms with E-state index in [0.29, 0.717) is 5.52 Å². The molecule has 3 aromatic rings. The molecule has 2 aromatic carbocycles. The molecule has 0 bridgehead atoms. The molecule has 1 aliphatic heterocycles. The maximum atomic E-state index is 13.7. The minimum atomic E-state index is -0.255. The van der Waals surface area contributed by atoms with Gasteiger partial charge in [0, 0.05) is 18.8 Å². The van der Waals surface area contributed by atoms with Crippen molar-refractivity contribution >= 4 is 39.4 Å². The summed E-state index contributed by atoms with van der Waals surface area (Å²) in [6, 6.07) is 13.7. The van der Waals surface area contributed by atoms with Crippen molar-refractivity contribution in [3.05, 3.63) is 58.9 Å². The molecule has 122 valence electrons. The van der Waals surface area contributed by atoms with Crippen molar-refractivity contribution in [2.75, 3.05) is 18.0 Å². The Hall–Kier alpha value is -2.20. The van der Waals surface area contributed by atoms with Crippen molar-refractivity contribution in [1.82, 2.24) is 4.98 Å². The zero-order chi connectivity index (χ0) is 16.4. The molecule has 1 aromatic heterocycles. The first kappa shape index (κ1) is 15.3. The molecule has 0 atom stereocenters. The highest BCUT2D eigenvalue weighted by molar-refractivity contribution is 7.19. The zero-order valence-corrected chi connectivity index (χ0v) is 14.2. The quantitative estimate of drug-likeness (QED) is 0.618. The molecule has 4 heteroatoms. The van der Waals surface area contributed by atoms with Gasteiger partial charge in [-0.25, -0.2) is 9.37 Å². The lowest BCUT2D eigenvalue weighted by atomic mass is 10.1. The summed E-state index contributed by atoms with van der Waals surface area (Å²) in [5, 5.41) is 0.829. The zero-order valence-electron chi connectivity index (χ0n) is 13.4. The number of benzene rings is 2. The van der Waals surface area contributed by atoms with Crippen LogP contribution >= 0.6 is 11.3 Å². The van der Waals surface area contributed by atoms with Gasteiger partial charge in [0.25, 0.3) is 0 Å². The Balaban J connectivity index is 1.51. The SMILES string of the molecule is Fc1cccc2sc(C=Cc3ccc(N4CCCCC4)cc3)nc12. The molecule has 1 saturated heterocycles. The lowest BCUT2D eigenvalue weighted by Crippen LogP contribution is -2.29. The van der Waals surface area contributed by atoms with Crippen LogP contribution in [0.3, 0.4) is 0 Å². The van der Waals surface area contributed by atoms with Gasteiger partial charge >= 0.3 is 0 Å². The molecule has 0 saturated carbocycles. The lowest BCUT2D eigenvalue weighted by molar-refractivity contribution is 0.578. The van der Waals surface area contributed by atoms with E-state index in [2.05, 4.69) is 34.1 Å². The van der Waals surface area contributed by atoms with Crippen LogP contribution in [-0.2, 0) is 0 Å². The van der Waals surface area contributed by atoms with Crippen LogP contribution in [0.4, 0.5) is 10.1 Å². The van der Waals surface area contributed by atoms with E-state index >= 15 is 0 Å². The third-order valence-corrected chi connectivity index (χ3v) is 5.40. The third-order valence-electron chi connectivity index (χ3n) is 4.42. The number of aromatic nitrogens is 1. The summed E-state index contributed by atoms with van der Waals surface area (Å²) in [5.41, 5.74) is 2.90. The number of para-hydroxylation sites is 1. The maximum Gasteiger partial charge on any atom is 0.150 e. The van der Waals surface area contributed by atoms with Gasteiger partial charge in [-0.05, 0) is 55.2 Å². The Kier molecular flexibility index (Phi) is 4.30. The summed E-state index contributed by atoms with van der Waals surface area (Å²) in [4.78, 5) is 6.82. The van der Waals surface area contributed by atoms with E-state index in [9.17, 15) is 4.39 Å². The molecule has 1 aliphatic rings. The Labute approximate surface area is 145 Å². The van der Waals surface area contributed by atoms with E-state index in [4.69, 9.17) is 0 Å². The fraction of sp³-hybridized carbons (Fsp3) is 0.250. The van der Waals surface area contributed by atoms with Crippen molar-refractivity contribution in [3.8, 4) is 0 Å². The fourth-order valence-corrected chi connectivity index (χ4v) is 4.00. The molecular weight excluding hydrogens is 319 g/mol. The molecular formula is C20H19FN2S. The van der Waals surface area contributed by atoms with Crippen LogP contribution in [0.15, 0.2) is 42.5 Å². The normalized spacial score (nSPS) is 15.5. The summed E-state index contributed by atoms with van der Waals surface area (Å²) in [6.07, 6.45) is 7.92. The van der Waals surface area contributed by atoms with Crippen LogP contribution in [0, 0.1) is 5.82 Å². The van der Waals surface area contributed by atoms with E-state index in [1.165, 1.54) is 42.4 Å². The van der Waals surface area contributed by atoms with Crippen molar-refractivity contribution in [2.45, 2.75) is 19.3 Å². The van der Waals surface area contributed by atoms with Crippen LogP contribution in [0.2, 0.25) is 0 Å². The van der Waals surface area contributed by atoms with E-state index in [1.54, 1.807) is 6.07 Å². The molecule has 0 amide bonds. The van der Waals surface area contributed by atoms with Crippen molar-refractivity contribution in [2.24, 2.45) is 0 Å². The number of nitrogens with zero attached hydrogens (tertiary/aromatic N) is 2. The molecule has 24 heavy (non-hydrogen) atoms. The number of piperidine rings is 1. The van der Waals surface area contributed by atoms with Crippen molar-refractivity contribution in [1.29, 1.82) is 0 Å². The van der Waals surface area contributed by atoms with Crippen molar-refractivity contribution < 1.29 is 4.39 Å². The number of hydrogen-bond donors (Lipinski definition) is 0. The Bertz CT molecular complexity index is 861. The number of hydrogen-bond acceptors (Lipinski definition) is 3. The highest BCUT2D eigenvalue weighted by Gasteiger charge is 2.10. The molecule has 2 heterocycles. The highest BCUT2D eigenvalue weighted by Crippen LogP contribution is 2.26. The highest BCUT2D eigenvalue weighted by atomic mass is 32.1. The number of anilines is 1. The van der Waals surface area contributed by atoms with Crippen LogP contribution in [0.5, 0.6) is 0 Å². The second-order valence-corrected chi connectivity index (χ2v) is 7.17. The van der Waals surface area contributed by atoms with Crippen LogP contribution in [0.1, 0.15) is 29.8 Å². The van der Waals surface area contributed by atoms with Crippen LogP contribution in [0.25, 0.3) is 22.4 Å². The minimum absolute atomic E-state index is 0.255. The van der Waals surface area contributed by atoms with Gasteiger partial charge in [-0.2, -0.15) is 0 Å². The van der Waals surface area contributed by atoms with Crippen molar-refractivity contribution in [3.63, 3.8) is 0 Å². The van der Waals surface area contributed by atoms with Gasteiger partial charge in [-0.3, -0.25) is 0 Å². The second kappa shape index (κ2) is 6.73. The van der Waals surface area contributed by atoms with Gasteiger partial charge in [0.15, 0.2) is 0 Å². The average Bonchev–Trinajstić information content (AvgIpc) is 3.06. The summed E-state index contributed by atoms with van der Waals surface area (Å²) in [5.74, 6) is -0.255. The Morgan fingerprint density at radius 2 is 1.75 bits per heavy atom. The number of fused-ring (bicyclic) bond motifs is 1. The molecule has 0 spiro atoms. The van der Waals surface area contributed by atoms with E-state index in [0.717, 1.165) is 28.4 Å². The van der Waals surface area contributed by atoms with Gasteiger partial charge < -0.3 is 4.90 Å². The molecule has 0 aliphatic carbocycles. The summed E-state index contributed by atoms with van der Waals surface area (Å²) >= 11 is 1.51. The Morgan fingerprint density at radius 3 is 2.50 bits per heavy atom. The first-order valence-electron chi connectivity index (χ1n) is 8.38.